The number of ketones is 1. The number of rotatable bonds is 4. The Morgan fingerprint density at radius 1 is 1.00 bits per heavy atom. The largest absolute Gasteiger partial charge is 0.386 e. The Hall–Kier alpha value is -1.10. The van der Waals surface area contributed by atoms with E-state index in [9.17, 15) is 4.79 Å². The molecule has 0 saturated heterocycles. The van der Waals surface area contributed by atoms with Crippen molar-refractivity contribution in [3.05, 3.63) is 0 Å². The summed E-state index contributed by atoms with van der Waals surface area (Å²) in [6.45, 7) is 9.41. The number of hydrogen-bond acceptors (Lipinski definition) is 4. The molecule has 0 spiro atoms. The van der Waals surface area contributed by atoms with Crippen LogP contribution in [0.3, 0.4) is 0 Å². The zero-order chi connectivity index (χ0) is 22.4. The maximum Gasteiger partial charge on any atom is 0.159 e. The number of hydrogen-bond donors (Lipinski definition) is 2. The van der Waals surface area contributed by atoms with Crippen LogP contribution in [0.1, 0.15) is 98.3 Å². The molecule has 0 radical (unpaired) electrons. The molecule has 176 valence electrons. The molecule has 0 heterocycles. The first-order chi connectivity index (χ1) is 14.6. The fraction of sp³-hybridized carbons (Fsp3) is 0.923. The van der Waals surface area contributed by atoms with Crippen LogP contribution < -0.4 is 11.6 Å². The van der Waals surface area contributed by atoms with Gasteiger partial charge in [-0.2, -0.15) is 0 Å². The minimum absolute atomic E-state index is 0.119. The monoisotopic (exact) mass is 430 g/mol. The molecule has 4 aliphatic rings. The van der Waals surface area contributed by atoms with Crippen molar-refractivity contribution >= 4 is 11.6 Å². The molecule has 0 aromatic heterocycles. The minimum Gasteiger partial charge on any atom is -0.386 e. The fourth-order valence-electron chi connectivity index (χ4n) is 9.06. The van der Waals surface area contributed by atoms with Crippen LogP contribution in [0.5, 0.6) is 0 Å². The highest BCUT2D eigenvalue weighted by atomic mass is 16.1. The van der Waals surface area contributed by atoms with E-state index < -0.39 is 0 Å². The van der Waals surface area contributed by atoms with Crippen molar-refractivity contribution in [2.24, 2.45) is 63.0 Å². The molecule has 5 nitrogen and oxygen atoms in total. The highest BCUT2D eigenvalue weighted by Gasteiger charge is 2.58. The number of nitrogens with zero attached hydrogens (tertiary/aromatic N) is 2. The molecule has 0 amide bonds. The molecular formula is C26H46N4O. The number of carbonyl (C=O) groups excluding carboxylic acids is 1. The number of carbonyl (C=O) groups is 1. The second kappa shape index (κ2) is 8.68. The Morgan fingerprint density at radius 2 is 1.65 bits per heavy atom. The van der Waals surface area contributed by atoms with Gasteiger partial charge in [0, 0.05) is 5.92 Å². The number of amidine groups is 1. The normalized spacial score (nSPS) is 45.6. The smallest absolute Gasteiger partial charge is 0.159 e. The van der Waals surface area contributed by atoms with Gasteiger partial charge in [0.25, 0.3) is 0 Å². The third-order valence-electron chi connectivity index (χ3n) is 10.2. The summed E-state index contributed by atoms with van der Waals surface area (Å²) in [5.74, 6) is 10.9. The summed E-state index contributed by atoms with van der Waals surface area (Å²) < 4.78 is 0. The predicted molar refractivity (Wildman–Crippen MR) is 127 cm³/mol. The molecule has 0 aromatic carbocycles. The Bertz CT molecular complexity index is 704. The van der Waals surface area contributed by atoms with Crippen molar-refractivity contribution in [3.63, 3.8) is 0 Å². The number of hydrazine groups is 1. The summed E-state index contributed by atoms with van der Waals surface area (Å²) >= 11 is 0. The molecule has 0 bridgehead atoms. The molecule has 31 heavy (non-hydrogen) atoms. The van der Waals surface area contributed by atoms with Crippen LogP contribution in [-0.2, 0) is 4.79 Å². The van der Waals surface area contributed by atoms with Gasteiger partial charge in [-0.15, -0.1) is 5.10 Å². The van der Waals surface area contributed by atoms with Crippen molar-refractivity contribution in [1.82, 2.24) is 5.12 Å². The fourth-order valence-corrected chi connectivity index (χ4v) is 9.06. The van der Waals surface area contributed by atoms with Crippen LogP contribution in [0.25, 0.3) is 0 Å². The summed E-state index contributed by atoms with van der Waals surface area (Å²) in [7, 11) is 0. The van der Waals surface area contributed by atoms with E-state index in [4.69, 9.17) is 11.6 Å². The predicted octanol–water partition coefficient (Wildman–Crippen LogP) is 5.10. The summed E-state index contributed by atoms with van der Waals surface area (Å²) in [6, 6.07) is 0. The van der Waals surface area contributed by atoms with Crippen LogP contribution in [0.2, 0.25) is 0 Å². The van der Waals surface area contributed by atoms with Crippen molar-refractivity contribution in [2.75, 3.05) is 6.54 Å². The van der Waals surface area contributed by atoms with Gasteiger partial charge in [0.15, 0.2) is 5.78 Å². The van der Waals surface area contributed by atoms with Gasteiger partial charge in [0.1, 0.15) is 12.4 Å². The summed E-state index contributed by atoms with van der Waals surface area (Å²) in [6.07, 6.45) is 14.5. The third-order valence-corrected chi connectivity index (χ3v) is 10.2. The molecule has 5 heteroatoms. The van der Waals surface area contributed by atoms with E-state index in [1.54, 1.807) is 6.92 Å². The molecule has 4 N–H and O–H groups in total. The molecule has 8 atom stereocenters. The average Bonchev–Trinajstić information content (AvgIpc) is 2.83. The van der Waals surface area contributed by atoms with Gasteiger partial charge in [-0.25, -0.2) is 11.0 Å². The quantitative estimate of drug-likeness (QED) is 0.281. The Morgan fingerprint density at radius 3 is 2.39 bits per heavy atom. The summed E-state index contributed by atoms with van der Waals surface area (Å²) in [5.41, 5.74) is 6.33. The molecule has 4 fully saturated rings. The van der Waals surface area contributed by atoms with Crippen LogP contribution in [0.15, 0.2) is 5.10 Å². The second-order valence-electron chi connectivity index (χ2n) is 12.3. The van der Waals surface area contributed by atoms with Gasteiger partial charge in [0.05, 0.1) is 0 Å². The van der Waals surface area contributed by atoms with Crippen molar-refractivity contribution in [1.29, 1.82) is 0 Å². The van der Waals surface area contributed by atoms with Crippen LogP contribution in [-0.4, -0.2) is 23.3 Å². The standard InChI is InChI=1S/C26H46N4O/c1-17-7-5-8-21-19-12-14-26(4)22(20(19)11-13-25(21,3)15-17)9-6-10-23(26)24(31)16-30(28)29-18(2)27/h17,19-23H,5-16,28H2,1-4H3,(H2,27,29)/t17?,19?,20?,21?,22?,23?,25-,26?/m1/s1. The lowest BCUT2D eigenvalue weighted by atomic mass is 9.43. The molecule has 0 aliphatic heterocycles. The first-order valence-corrected chi connectivity index (χ1v) is 13.0. The molecule has 7 unspecified atom stereocenters. The van der Waals surface area contributed by atoms with E-state index in [0.29, 0.717) is 17.2 Å². The van der Waals surface area contributed by atoms with E-state index in [1.165, 1.54) is 69.3 Å². The van der Waals surface area contributed by atoms with Gasteiger partial charge in [-0.05, 0) is 98.7 Å². The summed E-state index contributed by atoms with van der Waals surface area (Å²) in [5, 5.41) is 5.30. The minimum atomic E-state index is 0.119. The van der Waals surface area contributed by atoms with Crippen molar-refractivity contribution < 1.29 is 4.79 Å². The lowest BCUT2D eigenvalue weighted by molar-refractivity contribution is -0.148. The van der Waals surface area contributed by atoms with E-state index in [-0.39, 0.29) is 23.7 Å². The lowest BCUT2D eigenvalue weighted by Crippen LogP contribution is -2.55. The van der Waals surface area contributed by atoms with Gasteiger partial charge in [0.2, 0.25) is 0 Å². The van der Waals surface area contributed by atoms with E-state index in [1.807, 2.05) is 0 Å². The molecular weight excluding hydrogens is 384 g/mol. The third kappa shape index (κ3) is 4.28. The first-order valence-electron chi connectivity index (χ1n) is 13.0. The zero-order valence-corrected chi connectivity index (χ0v) is 20.4. The Labute approximate surface area is 189 Å². The molecule has 4 aliphatic carbocycles. The second-order valence-corrected chi connectivity index (χ2v) is 12.3. The highest BCUT2D eigenvalue weighted by molar-refractivity contribution is 5.84. The van der Waals surface area contributed by atoms with E-state index >= 15 is 0 Å². The van der Waals surface area contributed by atoms with Gasteiger partial charge < -0.3 is 5.73 Å². The van der Waals surface area contributed by atoms with Crippen molar-refractivity contribution in [2.45, 2.75) is 98.3 Å². The maximum absolute atomic E-state index is 13.3. The molecule has 4 rings (SSSR count). The summed E-state index contributed by atoms with van der Waals surface area (Å²) in [4.78, 5) is 13.3. The Balaban J connectivity index is 1.53. The van der Waals surface area contributed by atoms with Crippen LogP contribution in [0, 0.1) is 46.3 Å². The lowest BCUT2D eigenvalue weighted by Gasteiger charge is -2.61. The topological polar surface area (TPSA) is 84.7 Å². The first kappa shape index (κ1) is 23.1. The zero-order valence-electron chi connectivity index (χ0n) is 20.4. The SMILES string of the molecule is C/C(N)=N/N(N)CC(=O)C1CCCC2C3CC[C@]4(C)CC(C)CCCC4C3CCC12C. The maximum atomic E-state index is 13.3. The van der Waals surface area contributed by atoms with Gasteiger partial charge in [-0.3, -0.25) is 4.79 Å². The van der Waals surface area contributed by atoms with Gasteiger partial charge >= 0.3 is 0 Å². The number of Topliss-reactive ketones (excluding diaryl/α,β-unsaturated/α-hetero) is 1. The highest BCUT2D eigenvalue weighted by Crippen LogP contribution is 2.65. The Kier molecular flexibility index (Phi) is 6.46. The van der Waals surface area contributed by atoms with E-state index in [2.05, 4.69) is 25.9 Å². The molecule has 0 aromatic rings. The number of hydrazone groups is 1. The molecule has 4 saturated carbocycles. The number of fused-ring (bicyclic) bond motifs is 5. The van der Waals surface area contributed by atoms with Crippen molar-refractivity contribution in [3.8, 4) is 0 Å². The number of nitrogens with two attached hydrogens (primary N) is 2. The van der Waals surface area contributed by atoms with E-state index in [0.717, 1.165) is 30.1 Å². The average molecular weight is 431 g/mol. The van der Waals surface area contributed by atoms with Gasteiger partial charge in [-0.1, -0.05) is 40.0 Å². The van der Waals surface area contributed by atoms with Crippen LogP contribution in [0.4, 0.5) is 0 Å². The van der Waals surface area contributed by atoms with Crippen LogP contribution >= 0.6 is 0 Å².